The Labute approximate surface area is 82.3 Å². The molecule has 0 bridgehead atoms. The Balaban J connectivity index is 3.34. The molecule has 0 aliphatic rings. The van der Waals surface area contributed by atoms with Crippen molar-refractivity contribution in [2.75, 3.05) is 26.4 Å². The molecule has 4 heteroatoms. The number of halogens is 1. The van der Waals surface area contributed by atoms with Crippen LogP contribution in [0.4, 0.5) is 0 Å². The van der Waals surface area contributed by atoms with Crippen LogP contribution < -0.4 is 3.53 Å². The predicted molar refractivity (Wildman–Crippen MR) is 53.9 cm³/mol. The summed E-state index contributed by atoms with van der Waals surface area (Å²) in [6.45, 7) is 7.00. The maximum absolute atomic E-state index is 5.39. The minimum atomic E-state index is 0.192. The minimum absolute atomic E-state index is 0.192. The number of ether oxygens (including phenoxy) is 2. The number of nitrogens with one attached hydrogen (secondary N) is 1. The van der Waals surface area contributed by atoms with Gasteiger partial charge in [-0.1, -0.05) is 0 Å². The molecule has 0 fully saturated rings. The van der Waals surface area contributed by atoms with Gasteiger partial charge in [0, 0.05) is 42.6 Å². The van der Waals surface area contributed by atoms with Crippen molar-refractivity contribution < 1.29 is 9.47 Å². The molecular formula is C7H16INO2. The molecule has 11 heavy (non-hydrogen) atoms. The van der Waals surface area contributed by atoms with Crippen molar-refractivity contribution in [3.05, 3.63) is 0 Å². The molecule has 0 heterocycles. The van der Waals surface area contributed by atoms with E-state index in [9.17, 15) is 0 Å². The predicted octanol–water partition coefficient (Wildman–Crippen LogP) is 1.37. The Morgan fingerprint density at radius 1 is 1.36 bits per heavy atom. The average Bonchev–Trinajstić information content (AvgIpc) is 2.01. The maximum Gasteiger partial charge on any atom is 0.0940 e. The van der Waals surface area contributed by atoms with Crippen LogP contribution in [0.2, 0.25) is 0 Å². The largest absolute Gasteiger partial charge is 0.379 e. The molecule has 0 aromatic rings. The standard InChI is InChI=1S/C7H16INO2/c1-3-10-6-7(5-9-8)11-4-2/h7,9H,3-6H2,1-2H3. The first kappa shape index (κ1) is 11.6. The van der Waals surface area contributed by atoms with Crippen LogP contribution in [-0.4, -0.2) is 32.5 Å². The molecule has 3 nitrogen and oxygen atoms in total. The van der Waals surface area contributed by atoms with Crippen LogP contribution in [0.1, 0.15) is 13.8 Å². The molecule has 1 N–H and O–H groups in total. The zero-order chi connectivity index (χ0) is 8.53. The van der Waals surface area contributed by atoms with E-state index in [1.807, 2.05) is 13.8 Å². The molecule has 0 spiro atoms. The maximum atomic E-state index is 5.39. The SMILES string of the molecule is CCOCC(CNI)OCC. The summed E-state index contributed by atoms with van der Waals surface area (Å²) < 4.78 is 13.7. The average molecular weight is 273 g/mol. The number of rotatable bonds is 7. The molecule has 0 aromatic carbocycles. The third-order valence-corrected chi connectivity index (χ3v) is 1.66. The number of hydrogen-bond acceptors (Lipinski definition) is 3. The van der Waals surface area contributed by atoms with Crippen molar-refractivity contribution in [3.63, 3.8) is 0 Å². The molecular weight excluding hydrogens is 257 g/mol. The summed E-state index contributed by atoms with van der Waals surface area (Å²) in [7, 11) is 0. The van der Waals surface area contributed by atoms with Crippen molar-refractivity contribution in [1.29, 1.82) is 0 Å². The summed E-state index contributed by atoms with van der Waals surface area (Å²) in [5.41, 5.74) is 0. The molecule has 68 valence electrons. The Bertz CT molecular complexity index is 76.8. The highest BCUT2D eigenvalue weighted by atomic mass is 127. The summed E-state index contributed by atoms with van der Waals surface area (Å²) in [5, 5.41) is 0. The monoisotopic (exact) mass is 273 g/mol. The van der Waals surface area contributed by atoms with Crippen molar-refractivity contribution in [1.82, 2.24) is 3.53 Å². The van der Waals surface area contributed by atoms with Gasteiger partial charge in [-0.3, -0.25) is 3.53 Å². The van der Waals surface area contributed by atoms with E-state index < -0.39 is 0 Å². The van der Waals surface area contributed by atoms with Crippen molar-refractivity contribution >= 4 is 22.9 Å². The Morgan fingerprint density at radius 3 is 2.55 bits per heavy atom. The molecule has 0 radical (unpaired) electrons. The smallest absolute Gasteiger partial charge is 0.0940 e. The fourth-order valence-electron chi connectivity index (χ4n) is 0.737. The van der Waals surface area contributed by atoms with Crippen LogP contribution in [0.5, 0.6) is 0 Å². The first-order chi connectivity index (χ1) is 5.35. The van der Waals surface area contributed by atoms with E-state index in [-0.39, 0.29) is 6.10 Å². The first-order valence-corrected chi connectivity index (χ1v) is 4.95. The second kappa shape index (κ2) is 8.70. The number of hydrogen-bond donors (Lipinski definition) is 1. The van der Waals surface area contributed by atoms with Gasteiger partial charge >= 0.3 is 0 Å². The molecule has 0 rings (SSSR count). The highest BCUT2D eigenvalue weighted by molar-refractivity contribution is 14.1. The van der Waals surface area contributed by atoms with Gasteiger partial charge in [0.25, 0.3) is 0 Å². The van der Waals surface area contributed by atoms with Crippen LogP contribution in [0.25, 0.3) is 0 Å². The molecule has 0 aliphatic heterocycles. The fraction of sp³-hybridized carbons (Fsp3) is 1.00. The Hall–Kier alpha value is 0.610. The summed E-state index contributed by atoms with van der Waals surface area (Å²) in [5.74, 6) is 0. The fourth-order valence-corrected chi connectivity index (χ4v) is 1.23. The van der Waals surface area contributed by atoms with E-state index in [1.54, 1.807) is 0 Å². The van der Waals surface area contributed by atoms with Gasteiger partial charge in [-0.15, -0.1) is 0 Å². The lowest BCUT2D eigenvalue weighted by Gasteiger charge is -2.15. The lowest BCUT2D eigenvalue weighted by Crippen LogP contribution is -2.28. The highest BCUT2D eigenvalue weighted by Gasteiger charge is 2.05. The van der Waals surface area contributed by atoms with Gasteiger partial charge in [-0.2, -0.15) is 0 Å². The van der Waals surface area contributed by atoms with Crippen LogP contribution in [-0.2, 0) is 9.47 Å². The van der Waals surface area contributed by atoms with Gasteiger partial charge in [-0.25, -0.2) is 0 Å². The van der Waals surface area contributed by atoms with Crippen LogP contribution in [0, 0.1) is 0 Å². The molecule has 0 amide bonds. The van der Waals surface area contributed by atoms with E-state index in [0.29, 0.717) is 6.61 Å². The minimum Gasteiger partial charge on any atom is -0.379 e. The lowest BCUT2D eigenvalue weighted by molar-refractivity contribution is -0.00402. The normalized spacial score (nSPS) is 13.4. The molecule has 0 saturated carbocycles. The zero-order valence-corrected chi connectivity index (χ0v) is 9.26. The first-order valence-electron chi connectivity index (χ1n) is 3.87. The van der Waals surface area contributed by atoms with Gasteiger partial charge in [0.1, 0.15) is 0 Å². The third-order valence-electron chi connectivity index (χ3n) is 1.22. The summed E-state index contributed by atoms with van der Waals surface area (Å²) >= 11 is 2.11. The highest BCUT2D eigenvalue weighted by Crippen LogP contribution is 1.93. The van der Waals surface area contributed by atoms with E-state index in [1.165, 1.54) is 0 Å². The molecule has 1 atom stereocenters. The van der Waals surface area contributed by atoms with E-state index in [0.717, 1.165) is 19.8 Å². The van der Waals surface area contributed by atoms with Gasteiger partial charge in [-0.05, 0) is 13.8 Å². The van der Waals surface area contributed by atoms with E-state index >= 15 is 0 Å². The van der Waals surface area contributed by atoms with Crippen molar-refractivity contribution in [3.8, 4) is 0 Å². The Kier molecular flexibility index (Phi) is 9.19. The van der Waals surface area contributed by atoms with Crippen LogP contribution in [0.3, 0.4) is 0 Å². The molecule has 0 aliphatic carbocycles. The second-order valence-corrected chi connectivity index (χ2v) is 2.84. The van der Waals surface area contributed by atoms with Gasteiger partial charge in [0.15, 0.2) is 0 Å². The summed E-state index contributed by atoms with van der Waals surface area (Å²) in [4.78, 5) is 0. The zero-order valence-electron chi connectivity index (χ0n) is 7.10. The van der Waals surface area contributed by atoms with E-state index in [2.05, 4.69) is 26.4 Å². The summed E-state index contributed by atoms with van der Waals surface area (Å²) in [6.07, 6.45) is 0.192. The molecule has 0 aromatic heterocycles. The topological polar surface area (TPSA) is 30.5 Å². The van der Waals surface area contributed by atoms with Gasteiger partial charge in [0.05, 0.1) is 12.7 Å². The van der Waals surface area contributed by atoms with Crippen LogP contribution >= 0.6 is 22.9 Å². The Morgan fingerprint density at radius 2 is 2.09 bits per heavy atom. The quantitative estimate of drug-likeness (QED) is 0.561. The van der Waals surface area contributed by atoms with Gasteiger partial charge < -0.3 is 9.47 Å². The van der Waals surface area contributed by atoms with Crippen LogP contribution in [0.15, 0.2) is 0 Å². The summed E-state index contributed by atoms with van der Waals surface area (Å²) in [6, 6.07) is 0. The van der Waals surface area contributed by atoms with E-state index in [4.69, 9.17) is 9.47 Å². The molecule has 0 saturated heterocycles. The third kappa shape index (κ3) is 6.99. The lowest BCUT2D eigenvalue weighted by atomic mass is 10.4. The molecule has 1 unspecified atom stereocenters. The second-order valence-electron chi connectivity index (χ2n) is 2.07. The van der Waals surface area contributed by atoms with Crippen molar-refractivity contribution in [2.45, 2.75) is 20.0 Å². The van der Waals surface area contributed by atoms with Crippen molar-refractivity contribution in [2.24, 2.45) is 0 Å². The van der Waals surface area contributed by atoms with Gasteiger partial charge in [0.2, 0.25) is 0 Å².